The molecule has 0 bridgehead atoms. The first-order valence-electron chi connectivity index (χ1n) is 16.6. The molecule has 2 aliphatic heterocycles. The minimum atomic E-state index is -0.105. The van der Waals surface area contributed by atoms with E-state index in [-0.39, 0.29) is 23.5 Å². The molecule has 0 radical (unpaired) electrons. The van der Waals surface area contributed by atoms with E-state index < -0.39 is 0 Å². The van der Waals surface area contributed by atoms with Gasteiger partial charge in [0.1, 0.15) is 5.50 Å². The number of hydrogen-bond donors (Lipinski definition) is 2. The van der Waals surface area contributed by atoms with Gasteiger partial charge in [-0.25, -0.2) is 0 Å². The topological polar surface area (TPSA) is 38.8 Å². The van der Waals surface area contributed by atoms with E-state index in [9.17, 15) is 4.79 Å². The molecule has 3 aromatic carbocycles. The van der Waals surface area contributed by atoms with Gasteiger partial charge in [0, 0.05) is 24.8 Å². The number of carbonyl (C=O) groups is 1. The summed E-state index contributed by atoms with van der Waals surface area (Å²) >= 11 is 5.06. The molecule has 1 amide bonds. The van der Waals surface area contributed by atoms with Crippen LogP contribution in [0, 0.1) is 13.8 Å². The summed E-state index contributed by atoms with van der Waals surface area (Å²) in [6.07, 6.45) is 11.8. The third kappa shape index (κ3) is 8.85. The van der Waals surface area contributed by atoms with Crippen molar-refractivity contribution in [3.8, 4) is 0 Å². The second-order valence-electron chi connectivity index (χ2n) is 12.5. The molecular formula is C38H50N4OS. The van der Waals surface area contributed by atoms with E-state index in [1.165, 1.54) is 49.0 Å². The number of carbonyl (C=O) groups excluding carboxylic acids is 1. The molecule has 1 unspecified atom stereocenters. The normalized spacial score (nSPS) is 17.7. The Morgan fingerprint density at radius 2 is 1.55 bits per heavy atom. The molecule has 234 valence electrons. The minimum Gasteiger partial charge on any atom is -0.305 e. The quantitative estimate of drug-likeness (QED) is 0.0963. The van der Waals surface area contributed by atoms with Crippen LogP contribution in [0.2, 0.25) is 0 Å². The van der Waals surface area contributed by atoms with E-state index in [1.54, 1.807) is 0 Å². The second kappa shape index (κ2) is 16.4. The van der Waals surface area contributed by atoms with Crippen LogP contribution in [0.25, 0.3) is 0 Å². The fourth-order valence-electron chi connectivity index (χ4n) is 6.77. The van der Waals surface area contributed by atoms with Crippen LogP contribution < -0.4 is 10.2 Å². The summed E-state index contributed by atoms with van der Waals surface area (Å²) in [4.78, 5) is 20.9. The lowest BCUT2D eigenvalue weighted by molar-refractivity contribution is -0.114. The Labute approximate surface area is 270 Å². The second-order valence-corrected chi connectivity index (χ2v) is 13.0. The number of hydrogen-bond acceptors (Lipinski definition) is 5. The van der Waals surface area contributed by atoms with E-state index in [0.717, 1.165) is 56.6 Å². The van der Waals surface area contributed by atoms with E-state index in [2.05, 4.69) is 119 Å². The predicted molar refractivity (Wildman–Crippen MR) is 187 cm³/mol. The maximum absolute atomic E-state index is 13.8. The van der Waals surface area contributed by atoms with Gasteiger partial charge in [0.25, 0.3) is 5.91 Å². The number of aryl methyl sites for hydroxylation is 2. The van der Waals surface area contributed by atoms with Gasteiger partial charge < -0.3 is 9.80 Å². The van der Waals surface area contributed by atoms with Crippen LogP contribution in [0.3, 0.4) is 0 Å². The highest BCUT2D eigenvalue weighted by Gasteiger charge is 2.31. The Kier molecular flexibility index (Phi) is 12.1. The van der Waals surface area contributed by atoms with Gasteiger partial charge in [0.15, 0.2) is 0 Å². The molecular weight excluding hydrogens is 561 g/mol. The number of thiol groups is 1. The van der Waals surface area contributed by atoms with Crippen molar-refractivity contribution in [3.05, 3.63) is 113 Å². The smallest absolute Gasteiger partial charge is 0.250 e. The minimum absolute atomic E-state index is 0.0472. The zero-order valence-corrected chi connectivity index (χ0v) is 27.5. The molecule has 6 heteroatoms. The van der Waals surface area contributed by atoms with Crippen LogP contribution in [-0.4, -0.2) is 60.0 Å². The summed E-state index contributed by atoms with van der Waals surface area (Å²) < 4.78 is 0. The van der Waals surface area contributed by atoms with Crippen molar-refractivity contribution >= 4 is 24.2 Å². The van der Waals surface area contributed by atoms with Crippen molar-refractivity contribution in [2.45, 2.75) is 76.4 Å². The average Bonchev–Trinajstić information content (AvgIpc) is 3.06. The van der Waals surface area contributed by atoms with Crippen molar-refractivity contribution < 1.29 is 4.79 Å². The Bertz CT molecular complexity index is 1290. The Balaban J connectivity index is 1.23. The van der Waals surface area contributed by atoms with Crippen LogP contribution in [-0.2, 0) is 4.79 Å². The summed E-state index contributed by atoms with van der Waals surface area (Å²) in [5.41, 5.74) is 5.75. The average molecular weight is 611 g/mol. The Morgan fingerprint density at radius 3 is 2.16 bits per heavy atom. The highest BCUT2D eigenvalue weighted by atomic mass is 32.1. The summed E-state index contributed by atoms with van der Waals surface area (Å²) in [5, 5.41) is 3.79. The van der Waals surface area contributed by atoms with E-state index in [0.29, 0.717) is 0 Å². The third-order valence-electron chi connectivity index (χ3n) is 9.20. The maximum atomic E-state index is 13.8. The molecule has 5 nitrogen and oxygen atoms in total. The maximum Gasteiger partial charge on any atom is 0.250 e. The molecule has 2 fully saturated rings. The van der Waals surface area contributed by atoms with Gasteiger partial charge in [0.2, 0.25) is 0 Å². The lowest BCUT2D eigenvalue weighted by atomic mass is 9.98. The molecule has 1 atom stereocenters. The molecule has 5 rings (SSSR count). The Hall–Kier alpha value is -2.90. The number of likely N-dealkylation sites (tertiary alicyclic amines) is 2. The van der Waals surface area contributed by atoms with Gasteiger partial charge in [-0.3, -0.25) is 15.0 Å². The molecule has 0 aromatic heterocycles. The number of rotatable bonds is 12. The SMILES string of the molecule is Cc1ccc(N(C(=O)/C=C\CCCN2CCCCC2)C2CCN(C(S)NC(c3ccccc3)c3ccccc3)CC2)c(C)c1. The number of nitrogens with one attached hydrogen (secondary N) is 1. The van der Waals surface area contributed by atoms with Gasteiger partial charge in [-0.1, -0.05) is 90.9 Å². The molecule has 0 aliphatic carbocycles. The number of amides is 1. The first kappa shape index (κ1) is 32.5. The number of allylic oxidation sites excluding steroid dienone is 1. The van der Waals surface area contributed by atoms with Crippen LogP contribution in [0.15, 0.2) is 91.0 Å². The van der Waals surface area contributed by atoms with E-state index >= 15 is 0 Å². The fraction of sp³-hybridized carbons (Fsp3) is 0.447. The van der Waals surface area contributed by atoms with Crippen molar-refractivity contribution in [1.29, 1.82) is 0 Å². The third-order valence-corrected chi connectivity index (χ3v) is 9.67. The van der Waals surface area contributed by atoms with Gasteiger partial charge in [-0.05, 0) is 101 Å². The summed E-state index contributed by atoms with van der Waals surface area (Å²) in [6, 6.07) is 27.8. The van der Waals surface area contributed by atoms with Crippen molar-refractivity contribution in [2.24, 2.45) is 0 Å². The molecule has 2 saturated heterocycles. The summed E-state index contributed by atoms with van der Waals surface area (Å²) in [5.74, 6) is 0.0992. The van der Waals surface area contributed by atoms with Gasteiger partial charge >= 0.3 is 0 Å². The summed E-state index contributed by atoms with van der Waals surface area (Å²) in [7, 11) is 0. The van der Waals surface area contributed by atoms with Crippen LogP contribution in [0.5, 0.6) is 0 Å². The molecule has 2 aliphatic rings. The van der Waals surface area contributed by atoms with Crippen molar-refractivity contribution in [3.63, 3.8) is 0 Å². The zero-order chi connectivity index (χ0) is 30.7. The molecule has 0 spiro atoms. The highest BCUT2D eigenvalue weighted by molar-refractivity contribution is 7.80. The number of nitrogens with zero attached hydrogens (tertiary/aromatic N) is 3. The standard InChI is InChI=1S/C38H50N4OS/c1-30-20-21-35(31(2)29-30)42(36(43)19-11-5-12-24-40-25-13-6-14-26-40)34-22-27-41(28-23-34)38(44)39-37(32-15-7-3-8-16-32)33-17-9-4-10-18-33/h3-4,7-11,15-21,29,34,37-39,44H,5-6,12-14,22-28H2,1-2H3/b19-11-. The largest absolute Gasteiger partial charge is 0.305 e. The predicted octanol–water partition coefficient (Wildman–Crippen LogP) is 7.52. The molecule has 1 N–H and O–H groups in total. The van der Waals surface area contributed by atoms with Gasteiger partial charge in [0.05, 0.1) is 6.04 Å². The van der Waals surface area contributed by atoms with Crippen molar-refractivity contribution in [1.82, 2.24) is 15.1 Å². The molecule has 44 heavy (non-hydrogen) atoms. The number of unbranched alkanes of at least 4 members (excludes halogenated alkanes) is 1. The lowest BCUT2D eigenvalue weighted by Crippen LogP contribution is -2.52. The highest BCUT2D eigenvalue weighted by Crippen LogP contribution is 2.30. The van der Waals surface area contributed by atoms with Crippen LogP contribution >= 0.6 is 12.6 Å². The lowest BCUT2D eigenvalue weighted by Gasteiger charge is -2.41. The van der Waals surface area contributed by atoms with Crippen molar-refractivity contribution in [2.75, 3.05) is 37.6 Å². The fourth-order valence-corrected chi connectivity index (χ4v) is 7.15. The van der Waals surface area contributed by atoms with E-state index in [4.69, 9.17) is 12.6 Å². The van der Waals surface area contributed by atoms with Crippen LogP contribution in [0.4, 0.5) is 5.69 Å². The number of piperidine rings is 2. The number of anilines is 1. The Morgan fingerprint density at radius 1 is 0.909 bits per heavy atom. The first-order chi connectivity index (χ1) is 21.5. The zero-order valence-electron chi connectivity index (χ0n) is 26.6. The van der Waals surface area contributed by atoms with Gasteiger partial charge in [-0.2, -0.15) is 0 Å². The summed E-state index contributed by atoms with van der Waals surface area (Å²) in [6.45, 7) is 9.56. The number of benzene rings is 3. The molecule has 3 aromatic rings. The molecule has 2 heterocycles. The van der Waals surface area contributed by atoms with Crippen LogP contribution in [0.1, 0.15) is 73.2 Å². The monoisotopic (exact) mass is 610 g/mol. The first-order valence-corrected chi connectivity index (χ1v) is 17.1. The molecule has 0 saturated carbocycles. The van der Waals surface area contributed by atoms with Gasteiger partial charge in [-0.15, -0.1) is 12.6 Å². The van der Waals surface area contributed by atoms with E-state index in [1.807, 2.05) is 6.08 Å².